The third-order valence-electron chi connectivity index (χ3n) is 17.0. The van der Waals surface area contributed by atoms with E-state index in [1.807, 2.05) is 0 Å². The molecule has 0 radical (unpaired) electrons. The maximum atomic E-state index is 6.79. The van der Waals surface area contributed by atoms with Crippen LogP contribution in [0, 0.1) is 0 Å². The van der Waals surface area contributed by atoms with Crippen LogP contribution in [0.4, 0.5) is 0 Å². The van der Waals surface area contributed by atoms with Gasteiger partial charge in [-0.2, -0.15) is 0 Å². The normalized spacial score (nSPS) is 12.2. The highest BCUT2D eigenvalue weighted by molar-refractivity contribution is 7.11. The Hall–Kier alpha value is -9.94. The van der Waals surface area contributed by atoms with Gasteiger partial charge in [-0.05, 0) is 118 Å². The Bertz CT molecular complexity index is 4970. The SMILES string of the molecule is c1ccc(-c2ccc(-n3c4ccccc4c4cc(-n5c6ccccc6c6c(CC[Si](c7ccccc7)(c7ccccc7)c7ccc8c(c7)c7ccccc7n8-c7ccccc7)cccc65)ccc43)c3c2oc2ccccc23)cc1. The van der Waals surface area contributed by atoms with E-state index in [9.17, 15) is 0 Å². The van der Waals surface area contributed by atoms with E-state index in [0.29, 0.717) is 0 Å². The summed E-state index contributed by atoms with van der Waals surface area (Å²) < 4.78 is 14.2. The summed E-state index contributed by atoms with van der Waals surface area (Å²) in [5.74, 6) is 0. The summed E-state index contributed by atoms with van der Waals surface area (Å²) in [5.41, 5.74) is 15.9. The standard InChI is InChI=1S/C74H51N3OSi/c1-5-22-50(23-6-1)57-42-45-70(73-61-34-16-20-39-71(61)78-74(57)73)77-65-36-18-14-31-58(65)62-48-53(40-43-68(62)77)76-66-37-19-15-33-60(66)72-51(24-21-38-69(72)76)46-47-79(54-27-9-3-10-28-54,55-29-11-4-12-30-55)56-41-44-67-63(49-56)59-32-13-17-35-64(59)75(67)52-25-7-2-8-26-52/h1-45,48-49H,46-47H2. The minimum absolute atomic E-state index is 0.883. The van der Waals surface area contributed by atoms with Gasteiger partial charge < -0.3 is 18.1 Å². The summed E-state index contributed by atoms with van der Waals surface area (Å²) >= 11 is 0. The van der Waals surface area contributed by atoms with Crippen LogP contribution in [-0.2, 0) is 6.42 Å². The number of hydrogen-bond acceptors (Lipinski definition) is 1. The van der Waals surface area contributed by atoms with Gasteiger partial charge in [0.25, 0.3) is 0 Å². The molecule has 0 aliphatic rings. The molecule has 0 aliphatic carbocycles. The second-order valence-corrected chi connectivity index (χ2v) is 25.1. The summed E-state index contributed by atoms with van der Waals surface area (Å²) in [6.07, 6.45) is 0.901. The lowest BCUT2D eigenvalue weighted by Crippen LogP contribution is -2.67. The summed E-state index contributed by atoms with van der Waals surface area (Å²) in [6, 6.07) is 107. The van der Waals surface area contributed by atoms with Gasteiger partial charge in [-0.25, -0.2) is 0 Å². The molecule has 0 saturated heterocycles. The molecule has 0 spiro atoms. The van der Waals surface area contributed by atoms with Crippen molar-refractivity contribution in [1.82, 2.24) is 13.7 Å². The van der Waals surface area contributed by atoms with E-state index < -0.39 is 8.07 Å². The maximum Gasteiger partial charge on any atom is 0.148 e. The third kappa shape index (κ3) is 6.93. The van der Waals surface area contributed by atoms with Crippen molar-refractivity contribution < 1.29 is 4.42 Å². The van der Waals surface area contributed by atoms with Crippen LogP contribution in [0.3, 0.4) is 0 Å². The quantitative estimate of drug-likeness (QED) is 0.0991. The van der Waals surface area contributed by atoms with Crippen LogP contribution in [0.15, 0.2) is 290 Å². The van der Waals surface area contributed by atoms with E-state index in [4.69, 9.17) is 4.42 Å². The first-order valence-corrected chi connectivity index (χ1v) is 29.7. The van der Waals surface area contributed by atoms with Gasteiger partial charge in [0.2, 0.25) is 0 Å². The van der Waals surface area contributed by atoms with Crippen molar-refractivity contribution in [2.24, 2.45) is 0 Å². The van der Waals surface area contributed by atoms with Crippen LogP contribution < -0.4 is 15.6 Å². The highest BCUT2D eigenvalue weighted by Crippen LogP contribution is 2.44. The molecule has 0 unspecified atom stereocenters. The average Bonchev–Trinajstić information content (AvgIpc) is 4.48. The molecule has 16 aromatic rings. The van der Waals surface area contributed by atoms with E-state index in [-0.39, 0.29) is 0 Å². The van der Waals surface area contributed by atoms with Gasteiger partial charge in [-0.1, -0.05) is 206 Å². The Balaban J connectivity index is 0.864. The van der Waals surface area contributed by atoms with Crippen molar-refractivity contribution in [2.75, 3.05) is 0 Å². The molecule has 12 aromatic carbocycles. The van der Waals surface area contributed by atoms with Crippen LogP contribution in [-0.4, -0.2) is 21.8 Å². The zero-order chi connectivity index (χ0) is 52.0. The summed E-state index contributed by atoms with van der Waals surface area (Å²) in [7, 11) is -2.75. The van der Waals surface area contributed by atoms with Gasteiger partial charge in [0.1, 0.15) is 19.2 Å². The van der Waals surface area contributed by atoms with E-state index in [1.54, 1.807) is 0 Å². The van der Waals surface area contributed by atoms with E-state index in [1.165, 1.54) is 81.2 Å². The Labute approximate surface area is 457 Å². The number of aryl methyl sites for hydroxylation is 1. The fourth-order valence-corrected chi connectivity index (χ4v) is 18.4. The lowest BCUT2D eigenvalue weighted by atomic mass is 10.0. The molecule has 0 saturated carbocycles. The largest absolute Gasteiger partial charge is 0.455 e. The molecule has 5 heteroatoms. The first-order chi connectivity index (χ1) is 39.2. The number of para-hydroxylation sites is 5. The Morgan fingerprint density at radius 3 is 1.54 bits per heavy atom. The first-order valence-electron chi connectivity index (χ1n) is 27.5. The number of benzene rings is 12. The summed E-state index contributed by atoms with van der Waals surface area (Å²) in [5, 5.41) is 14.0. The number of rotatable bonds is 10. The average molecular weight is 1030 g/mol. The monoisotopic (exact) mass is 1030 g/mol. The van der Waals surface area contributed by atoms with Gasteiger partial charge in [0.15, 0.2) is 0 Å². The Morgan fingerprint density at radius 2 is 0.835 bits per heavy atom. The maximum absolute atomic E-state index is 6.79. The molecular formula is C74H51N3OSi. The van der Waals surface area contributed by atoms with E-state index in [2.05, 4.69) is 299 Å². The van der Waals surface area contributed by atoms with Crippen LogP contribution in [0.1, 0.15) is 5.56 Å². The molecule has 0 amide bonds. The molecule has 4 heterocycles. The van der Waals surface area contributed by atoms with Gasteiger partial charge in [0, 0.05) is 54.6 Å². The third-order valence-corrected chi connectivity index (χ3v) is 21.9. The highest BCUT2D eigenvalue weighted by atomic mass is 28.3. The van der Waals surface area contributed by atoms with Gasteiger partial charge in [-0.15, -0.1) is 0 Å². The smallest absolute Gasteiger partial charge is 0.148 e. The zero-order valence-electron chi connectivity index (χ0n) is 43.3. The Morgan fingerprint density at radius 1 is 0.316 bits per heavy atom. The van der Waals surface area contributed by atoms with Crippen molar-refractivity contribution in [3.63, 3.8) is 0 Å². The fraction of sp³-hybridized carbons (Fsp3) is 0.0270. The molecule has 0 atom stereocenters. The number of aromatic nitrogens is 3. The molecular weight excluding hydrogens is 975 g/mol. The molecule has 0 fully saturated rings. The number of furan rings is 1. The second kappa shape index (κ2) is 18.1. The Kier molecular flexibility index (Phi) is 10.4. The minimum Gasteiger partial charge on any atom is -0.455 e. The molecule has 16 rings (SSSR count). The van der Waals surface area contributed by atoms with Crippen LogP contribution >= 0.6 is 0 Å². The molecule has 0 bridgehead atoms. The first kappa shape index (κ1) is 45.3. The molecule has 0 aliphatic heterocycles. The lowest BCUT2D eigenvalue weighted by molar-refractivity contribution is 0.670. The zero-order valence-corrected chi connectivity index (χ0v) is 44.3. The summed E-state index contributed by atoms with van der Waals surface area (Å²) in [4.78, 5) is 0. The number of nitrogens with zero attached hydrogens (tertiary/aromatic N) is 3. The lowest BCUT2D eigenvalue weighted by Gasteiger charge is -2.34. The van der Waals surface area contributed by atoms with Crippen LogP contribution in [0.2, 0.25) is 6.04 Å². The summed E-state index contributed by atoms with van der Waals surface area (Å²) in [6.45, 7) is 0. The van der Waals surface area contributed by atoms with Gasteiger partial charge in [-0.3, -0.25) is 0 Å². The molecule has 4 aromatic heterocycles. The van der Waals surface area contributed by atoms with Crippen LogP contribution in [0.5, 0.6) is 0 Å². The minimum atomic E-state index is -2.75. The number of hydrogen-bond donors (Lipinski definition) is 0. The van der Waals surface area contributed by atoms with Crippen molar-refractivity contribution >= 4 is 111 Å². The van der Waals surface area contributed by atoms with E-state index in [0.717, 1.165) is 67.9 Å². The predicted octanol–water partition coefficient (Wildman–Crippen LogP) is 17.3. The van der Waals surface area contributed by atoms with E-state index >= 15 is 0 Å². The van der Waals surface area contributed by atoms with Gasteiger partial charge in [0.05, 0.1) is 44.2 Å². The van der Waals surface area contributed by atoms with Crippen LogP contribution in [0.25, 0.3) is 116 Å². The number of fused-ring (bicyclic) bond motifs is 12. The molecule has 79 heavy (non-hydrogen) atoms. The molecule has 0 N–H and O–H groups in total. The van der Waals surface area contributed by atoms with Crippen molar-refractivity contribution in [1.29, 1.82) is 0 Å². The molecule has 4 nitrogen and oxygen atoms in total. The fourth-order valence-electron chi connectivity index (χ4n) is 13.6. The van der Waals surface area contributed by atoms with Gasteiger partial charge >= 0.3 is 0 Å². The van der Waals surface area contributed by atoms with Crippen molar-refractivity contribution in [2.45, 2.75) is 12.5 Å². The molecule has 372 valence electrons. The second-order valence-electron chi connectivity index (χ2n) is 21.1. The predicted molar refractivity (Wildman–Crippen MR) is 335 cm³/mol. The van der Waals surface area contributed by atoms with Crippen molar-refractivity contribution in [3.05, 3.63) is 291 Å². The topological polar surface area (TPSA) is 27.9 Å². The highest BCUT2D eigenvalue weighted by Gasteiger charge is 2.40. The van der Waals surface area contributed by atoms with Crippen molar-refractivity contribution in [3.8, 4) is 28.2 Å².